The maximum atomic E-state index is 14.0. The highest BCUT2D eigenvalue weighted by atomic mass is 32.2. The average Bonchev–Trinajstić information content (AvgIpc) is 2.88. The van der Waals surface area contributed by atoms with E-state index in [2.05, 4.69) is 15.1 Å². The molecule has 2 aromatic heterocycles. The minimum absolute atomic E-state index is 0.00244. The molecule has 4 rings (SSSR count). The van der Waals surface area contributed by atoms with E-state index in [9.17, 15) is 17.8 Å². The maximum absolute atomic E-state index is 14.0. The van der Waals surface area contributed by atoms with Gasteiger partial charge >= 0.3 is 0 Å². The standard InChI is InChI=1S/C14H10F2N4O2S/c15-8-1-2-11(10(16)3-8)20-13-9(4-17-20)14(21)19-12(18-13)7-5-23(22)6-7/h1-4,7H,5-6H2,(H,18,19,21). The molecular weight excluding hydrogens is 326 g/mol. The number of hydrogen-bond acceptors (Lipinski definition) is 4. The van der Waals surface area contributed by atoms with Crippen molar-refractivity contribution in [3.8, 4) is 5.69 Å². The maximum Gasteiger partial charge on any atom is 0.262 e. The van der Waals surface area contributed by atoms with Gasteiger partial charge in [0.25, 0.3) is 5.56 Å². The summed E-state index contributed by atoms with van der Waals surface area (Å²) in [6.07, 6.45) is 1.28. The number of nitrogens with zero attached hydrogens (tertiary/aromatic N) is 3. The van der Waals surface area contributed by atoms with E-state index in [0.29, 0.717) is 17.3 Å². The van der Waals surface area contributed by atoms with Gasteiger partial charge in [-0.15, -0.1) is 0 Å². The van der Waals surface area contributed by atoms with Crippen LogP contribution in [-0.4, -0.2) is 35.5 Å². The zero-order valence-electron chi connectivity index (χ0n) is 11.6. The lowest BCUT2D eigenvalue weighted by molar-refractivity contribution is 0.574. The van der Waals surface area contributed by atoms with E-state index in [4.69, 9.17) is 0 Å². The molecule has 0 saturated carbocycles. The molecule has 1 aromatic carbocycles. The first-order valence-electron chi connectivity index (χ1n) is 6.81. The summed E-state index contributed by atoms with van der Waals surface area (Å²) >= 11 is 0. The highest BCUT2D eigenvalue weighted by molar-refractivity contribution is 7.86. The van der Waals surface area contributed by atoms with Crippen LogP contribution < -0.4 is 5.56 Å². The van der Waals surface area contributed by atoms with Gasteiger partial charge in [-0.2, -0.15) is 5.10 Å². The number of nitrogens with one attached hydrogen (secondary N) is 1. The summed E-state index contributed by atoms with van der Waals surface area (Å²) in [4.78, 5) is 19.1. The molecule has 3 heterocycles. The van der Waals surface area contributed by atoms with Crippen LogP contribution in [0.3, 0.4) is 0 Å². The van der Waals surface area contributed by atoms with E-state index < -0.39 is 28.0 Å². The molecule has 1 saturated heterocycles. The van der Waals surface area contributed by atoms with Crippen LogP contribution in [0.4, 0.5) is 8.78 Å². The third-order valence-electron chi connectivity index (χ3n) is 3.76. The normalized spacial score (nSPS) is 20.6. The first-order valence-corrected chi connectivity index (χ1v) is 8.30. The fraction of sp³-hybridized carbons (Fsp3) is 0.214. The summed E-state index contributed by atoms with van der Waals surface area (Å²) in [5.74, 6) is -0.309. The van der Waals surface area contributed by atoms with Crippen molar-refractivity contribution in [1.82, 2.24) is 19.7 Å². The van der Waals surface area contributed by atoms with Gasteiger partial charge in [-0.25, -0.2) is 18.4 Å². The number of hydrogen-bond donors (Lipinski definition) is 1. The molecule has 1 fully saturated rings. The molecule has 1 N–H and O–H groups in total. The summed E-state index contributed by atoms with van der Waals surface area (Å²) in [6, 6.07) is 3.08. The van der Waals surface area contributed by atoms with Crippen LogP contribution in [-0.2, 0) is 10.8 Å². The van der Waals surface area contributed by atoms with Gasteiger partial charge in [-0.3, -0.25) is 9.00 Å². The number of halogens is 2. The molecule has 0 radical (unpaired) electrons. The third-order valence-corrected chi connectivity index (χ3v) is 5.30. The topological polar surface area (TPSA) is 80.6 Å². The van der Waals surface area contributed by atoms with Gasteiger partial charge in [-0.1, -0.05) is 0 Å². The van der Waals surface area contributed by atoms with Crippen molar-refractivity contribution in [2.75, 3.05) is 11.5 Å². The van der Waals surface area contributed by atoms with Crippen LogP contribution in [0.1, 0.15) is 11.7 Å². The molecule has 3 aromatic rings. The number of aromatic amines is 1. The van der Waals surface area contributed by atoms with E-state index >= 15 is 0 Å². The Labute approximate surface area is 130 Å². The molecule has 0 atom stereocenters. The number of fused-ring (bicyclic) bond motifs is 1. The van der Waals surface area contributed by atoms with Crippen LogP contribution in [0.2, 0.25) is 0 Å². The van der Waals surface area contributed by atoms with Crippen LogP contribution in [0.5, 0.6) is 0 Å². The zero-order chi connectivity index (χ0) is 16.1. The summed E-state index contributed by atoms with van der Waals surface area (Å²) in [5, 5.41) is 4.19. The first kappa shape index (κ1) is 14.2. The zero-order valence-corrected chi connectivity index (χ0v) is 12.4. The lowest BCUT2D eigenvalue weighted by atomic mass is 10.2. The molecule has 0 unspecified atom stereocenters. The van der Waals surface area contributed by atoms with Gasteiger partial charge in [0, 0.05) is 34.3 Å². The highest BCUT2D eigenvalue weighted by Gasteiger charge is 2.30. The molecule has 0 spiro atoms. The van der Waals surface area contributed by atoms with E-state index in [1.54, 1.807) is 0 Å². The Morgan fingerprint density at radius 3 is 2.78 bits per heavy atom. The first-order chi connectivity index (χ1) is 11.0. The van der Waals surface area contributed by atoms with Crippen LogP contribution >= 0.6 is 0 Å². The van der Waals surface area contributed by atoms with Crippen LogP contribution in [0.25, 0.3) is 16.7 Å². The second-order valence-corrected chi connectivity index (χ2v) is 6.86. The average molecular weight is 336 g/mol. The molecule has 118 valence electrons. The molecule has 6 nitrogen and oxygen atoms in total. The van der Waals surface area contributed by atoms with Gasteiger partial charge < -0.3 is 4.98 Å². The van der Waals surface area contributed by atoms with Crippen molar-refractivity contribution in [2.45, 2.75) is 5.92 Å². The van der Waals surface area contributed by atoms with Crippen molar-refractivity contribution in [1.29, 1.82) is 0 Å². The number of benzene rings is 1. The summed E-state index contributed by atoms with van der Waals surface area (Å²) < 4.78 is 39.4. The quantitative estimate of drug-likeness (QED) is 0.763. The fourth-order valence-electron chi connectivity index (χ4n) is 2.52. The van der Waals surface area contributed by atoms with E-state index in [1.165, 1.54) is 16.9 Å². The molecule has 0 aliphatic carbocycles. The molecule has 23 heavy (non-hydrogen) atoms. The Morgan fingerprint density at radius 2 is 2.09 bits per heavy atom. The highest BCUT2D eigenvalue weighted by Crippen LogP contribution is 2.25. The second kappa shape index (κ2) is 5.05. The Balaban J connectivity index is 1.90. The minimum Gasteiger partial charge on any atom is -0.310 e. The van der Waals surface area contributed by atoms with Gasteiger partial charge in [0.1, 0.15) is 22.7 Å². The van der Waals surface area contributed by atoms with Crippen molar-refractivity contribution < 1.29 is 13.0 Å². The smallest absolute Gasteiger partial charge is 0.262 e. The minimum atomic E-state index is -0.887. The lowest BCUT2D eigenvalue weighted by Crippen LogP contribution is -2.32. The van der Waals surface area contributed by atoms with E-state index in [1.807, 2.05) is 0 Å². The summed E-state index contributed by atoms with van der Waals surface area (Å²) in [7, 11) is -0.887. The van der Waals surface area contributed by atoms with E-state index in [-0.39, 0.29) is 22.6 Å². The van der Waals surface area contributed by atoms with Gasteiger partial charge in [0.05, 0.1) is 6.20 Å². The predicted molar refractivity (Wildman–Crippen MR) is 80.0 cm³/mol. The number of aromatic nitrogens is 4. The SMILES string of the molecule is O=c1[nH]c(C2CS(=O)C2)nc2c1cnn2-c1ccc(F)cc1F. The molecule has 0 amide bonds. The van der Waals surface area contributed by atoms with Crippen molar-refractivity contribution in [3.63, 3.8) is 0 Å². The molecule has 9 heteroatoms. The summed E-state index contributed by atoms with van der Waals surface area (Å²) in [5.41, 5.74) is -0.203. The fourth-order valence-corrected chi connectivity index (χ4v) is 3.63. The second-order valence-electron chi connectivity index (χ2n) is 5.31. The van der Waals surface area contributed by atoms with E-state index in [0.717, 1.165) is 12.1 Å². The number of H-pyrrole nitrogens is 1. The molecule has 1 aliphatic heterocycles. The van der Waals surface area contributed by atoms with Crippen molar-refractivity contribution >= 4 is 21.8 Å². The van der Waals surface area contributed by atoms with Crippen LogP contribution in [0, 0.1) is 11.6 Å². The molecular formula is C14H10F2N4O2S. The number of rotatable bonds is 2. The lowest BCUT2D eigenvalue weighted by Gasteiger charge is -2.23. The Bertz CT molecular complexity index is 1010. The molecule has 1 aliphatic rings. The largest absolute Gasteiger partial charge is 0.310 e. The van der Waals surface area contributed by atoms with Crippen molar-refractivity contribution in [2.24, 2.45) is 0 Å². The Morgan fingerprint density at radius 1 is 1.30 bits per heavy atom. The van der Waals surface area contributed by atoms with Crippen LogP contribution in [0.15, 0.2) is 29.2 Å². The Kier molecular flexibility index (Phi) is 3.12. The van der Waals surface area contributed by atoms with Crippen molar-refractivity contribution in [3.05, 3.63) is 52.2 Å². The van der Waals surface area contributed by atoms with Gasteiger partial charge in [-0.05, 0) is 12.1 Å². The monoisotopic (exact) mass is 336 g/mol. The predicted octanol–water partition coefficient (Wildman–Crippen LogP) is 1.23. The molecule has 0 bridgehead atoms. The summed E-state index contributed by atoms with van der Waals surface area (Å²) in [6.45, 7) is 0. The van der Waals surface area contributed by atoms with Gasteiger partial charge in [0.15, 0.2) is 11.5 Å². The Hall–Kier alpha value is -2.42. The third kappa shape index (κ3) is 2.27. The van der Waals surface area contributed by atoms with Gasteiger partial charge in [0.2, 0.25) is 0 Å².